The lowest BCUT2D eigenvalue weighted by Crippen LogP contribution is -2.09. The van der Waals surface area contributed by atoms with Gasteiger partial charge in [0, 0.05) is 18.7 Å². The van der Waals surface area contributed by atoms with Gasteiger partial charge in [0.15, 0.2) is 5.82 Å². The summed E-state index contributed by atoms with van der Waals surface area (Å²) < 4.78 is 0. The maximum Gasteiger partial charge on any atom is 0.169 e. The van der Waals surface area contributed by atoms with E-state index in [-0.39, 0.29) is 5.75 Å². The van der Waals surface area contributed by atoms with Crippen LogP contribution in [0.15, 0.2) is 54.6 Å². The highest BCUT2D eigenvalue weighted by Crippen LogP contribution is 2.29. The number of hydrogen-bond donors (Lipinski definition) is 4. The molecule has 0 unspecified atom stereocenters. The minimum atomic E-state index is 0.160. The summed E-state index contributed by atoms with van der Waals surface area (Å²) in [5.74, 6) is 0.491. The van der Waals surface area contributed by atoms with Crippen molar-refractivity contribution in [2.24, 2.45) is 5.73 Å². The summed E-state index contributed by atoms with van der Waals surface area (Å²) in [4.78, 5) is 0. The Morgan fingerprint density at radius 3 is 2.40 bits per heavy atom. The second-order valence-electron chi connectivity index (χ2n) is 5.74. The molecule has 6 nitrogen and oxygen atoms in total. The second-order valence-corrected chi connectivity index (χ2v) is 5.74. The highest BCUT2D eigenvalue weighted by atomic mass is 16.3. The van der Waals surface area contributed by atoms with E-state index in [0.29, 0.717) is 35.9 Å². The van der Waals surface area contributed by atoms with E-state index in [0.717, 1.165) is 12.0 Å². The topological polar surface area (TPSA) is 110 Å². The van der Waals surface area contributed by atoms with Crippen LogP contribution in [0.5, 0.6) is 5.75 Å². The molecule has 25 heavy (non-hydrogen) atoms. The molecule has 0 spiro atoms. The first-order chi connectivity index (χ1) is 12.2. The standard InChI is InChI=1S/C19H21N5O/c20-12-14-7-5-13(6-8-14)9-10-22-17-11-16(23-24-19(17)21)15-3-1-2-4-18(15)25/h1-8,11,25H,9-10,12,20H2,(H2,21,24)(H,22,23). The van der Waals surface area contributed by atoms with E-state index in [1.165, 1.54) is 5.56 Å². The van der Waals surface area contributed by atoms with Crippen LogP contribution in [-0.4, -0.2) is 21.8 Å². The van der Waals surface area contributed by atoms with Gasteiger partial charge < -0.3 is 21.9 Å². The van der Waals surface area contributed by atoms with Crippen LogP contribution in [0.2, 0.25) is 0 Å². The summed E-state index contributed by atoms with van der Waals surface area (Å²) in [6, 6.07) is 17.0. The van der Waals surface area contributed by atoms with E-state index in [4.69, 9.17) is 11.5 Å². The molecule has 6 N–H and O–H groups in total. The third-order valence-electron chi connectivity index (χ3n) is 3.99. The van der Waals surface area contributed by atoms with Gasteiger partial charge in [-0.3, -0.25) is 0 Å². The fourth-order valence-electron chi connectivity index (χ4n) is 2.55. The maximum atomic E-state index is 9.96. The van der Waals surface area contributed by atoms with E-state index >= 15 is 0 Å². The number of benzene rings is 2. The van der Waals surface area contributed by atoms with Crippen molar-refractivity contribution < 1.29 is 5.11 Å². The molecule has 0 amide bonds. The van der Waals surface area contributed by atoms with E-state index in [1.807, 2.05) is 18.2 Å². The smallest absolute Gasteiger partial charge is 0.169 e. The number of nitrogen functional groups attached to an aromatic ring is 1. The Kier molecular flexibility index (Phi) is 5.11. The van der Waals surface area contributed by atoms with Crippen molar-refractivity contribution in [1.29, 1.82) is 0 Å². The number of rotatable bonds is 6. The highest BCUT2D eigenvalue weighted by Gasteiger charge is 2.09. The average Bonchev–Trinajstić information content (AvgIpc) is 2.64. The zero-order chi connectivity index (χ0) is 17.6. The Labute approximate surface area is 146 Å². The van der Waals surface area contributed by atoms with Gasteiger partial charge in [-0.25, -0.2) is 0 Å². The SMILES string of the molecule is NCc1ccc(CCNc2cc(-c3ccccc3O)nnc2N)cc1. The number of anilines is 2. The lowest BCUT2D eigenvalue weighted by molar-refractivity contribution is 0.477. The predicted molar refractivity (Wildman–Crippen MR) is 100 cm³/mol. The quantitative estimate of drug-likeness (QED) is 0.551. The molecule has 2 aromatic carbocycles. The van der Waals surface area contributed by atoms with Crippen molar-refractivity contribution >= 4 is 11.5 Å². The van der Waals surface area contributed by atoms with Gasteiger partial charge in [0.05, 0.1) is 11.4 Å². The Bertz CT molecular complexity index is 849. The number of aromatic nitrogens is 2. The number of phenols is 1. The van der Waals surface area contributed by atoms with Crippen LogP contribution in [0.25, 0.3) is 11.3 Å². The summed E-state index contributed by atoms with van der Waals surface area (Å²) in [5, 5.41) is 21.3. The molecule has 0 bridgehead atoms. The zero-order valence-electron chi connectivity index (χ0n) is 13.8. The minimum absolute atomic E-state index is 0.160. The van der Waals surface area contributed by atoms with Crippen molar-refractivity contribution in [3.05, 3.63) is 65.7 Å². The summed E-state index contributed by atoms with van der Waals surface area (Å²) in [6.07, 6.45) is 0.846. The Hall–Kier alpha value is -3.12. The minimum Gasteiger partial charge on any atom is -0.507 e. The van der Waals surface area contributed by atoms with Crippen LogP contribution in [0.3, 0.4) is 0 Å². The monoisotopic (exact) mass is 335 g/mol. The van der Waals surface area contributed by atoms with E-state index in [2.05, 4.69) is 27.6 Å². The fraction of sp³-hybridized carbons (Fsp3) is 0.158. The molecule has 1 heterocycles. The molecule has 3 rings (SSSR count). The van der Waals surface area contributed by atoms with Crippen molar-refractivity contribution in [2.45, 2.75) is 13.0 Å². The summed E-state index contributed by atoms with van der Waals surface area (Å²) in [7, 11) is 0. The molecule has 128 valence electrons. The Morgan fingerprint density at radius 1 is 0.960 bits per heavy atom. The highest BCUT2D eigenvalue weighted by molar-refractivity contribution is 5.73. The average molecular weight is 335 g/mol. The van der Waals surface area contributed by atoms with Gasteiger partial charge in [0.2, 0.25) is 0 Å². The molecular weight excluding hydrogens is 314 g/mol. The number of para-hydroxylation sites is 1. The Morgan fingerprint density at radius 2 is 1.68 bits per heavy atom. The molecule has 0 saturated carbocycles. The third kappa shape index (κ3) is 4.05. The summed E-state index contributed by atoms with van der Waals surface area (Å²) in [5.41, 5.74) is 15.7. The van der Waals surface area contributed by atoms with Crippen LogP contribution in [0.1, 0.15) is 11.1 Å². The largest absolute Gasteiger partial charge is 0.507 e. The molecule has 1 aromatic heterocycles. The first-order valence-electron chi connectivity index (χ1n) is 8.10. The number of aromatic hydroxyl groups is 1. The third-order valence-corrected chi connectivity index (χ3v) is 3.99. The van der Waals surface area contributed by atoms with Crippen molar-refractivity contribution in [2.75, 3.05) is 17.6 Å². The number of nitrogens with two attached hydrogens (primary N) is 2. The molecule has 3 aromatic rings. The van der Waals surface area contributed by atoms with Gasteiger partial charge in [0.1, 0.15) is 5.75 Å². The molecular formula is C19H21N5O. The van der Waals surface area contributed by atoms with Gasteiger partial charge in [-0.1, -0.05) is 36.4 Å². The summed E-state index contributed by atoms with van der Waals surface area (Å²) >= 11 is 0. The van der Waals surface area contributed by atoms with Crippen molar-refractivity contribution in [1.82, 2.24) is 10.2 Å². The molecule has 0 aliphatic carbocycles. The van der Waals surface area contributed by atoms with Gasteiger partial charge >= 0.3 is 0 Å². The molecule has 6 heteroatoms. The van der Waals surface area contributed by atoms with E-state index in [1.54, 1.807) is 24.3 Å². The Balaban J connectivity index is 1.69. The fourth-order valence-corrected chi connectivity index (χ4v) is 2.55. The van der Waals surface area contributed by atoms with E-state index in [9.17, 15) is 5.11 Å². The molecule has 0 fully saturated rings. The second kappa shape index (κ2) is 7.63. The van der Waals surface area contributed by atoms with Crippen LogP contribution in [0, 0.1) is 0 Å². The van der Waals surface area contributed by atoms with Gasteiger partial charge in [-0.15, -0.1) is 10.2 Å². The van der Waals surface area contributed by atoms with Crippen LogP contribution in [0.4, 0.5) is 11.5 Å². The van der Waals surface area contributed by atoms with Crippen LogP contribution < -0.4 is 16.8 Å². The first kappa shape index (κ1) is 16.7. The summed E-state index contributed by atoms with van der Waals surface area (Å²) in [6.45, 7) is 1.25. The number of nitrogens with one attached hydrogen (secondary N) is 1. The molecule has 0 saturated heterocycles. The zero-order valence-corrected chi connectivity index (χ0v) is 13.8. The van der Waals surface area contributed by atoms with E-state index < -0.39 is 0 Å². The van der Waals surface area contributed by atoms with Crippen molar-refractivity contribution in [3.63, 3.8) is 0 Å². The molecule has 0 radical (unpaired) electrons. The lowest BCUT2D eigenvalue weighted by Gasteiger charge is -2.11. The van der Waals surface area contributed by atoms with Crippen molar-refractivity contribution in [3.8, 4) is 17.0 Å². The molecule has 0 aliphatic rings. The first-order valence-corrected chi connectivity index (χ1v) is 8.10. The number of phenolic OH excluding ortho intramolecular Hbond substituents is 1. The van der Waals surface area contributed by atoms with Gasteiger partial charge in [-0.2, -0.15) is 0 Å². The van der Waals surface area contributed by atoms with Crippen LogP contribution in [-0.2, 0) is 13.0 Å². The number of hydrogen-bond acceptors (Lipinski definition) is 6. The molecule has 0 aliphatic heterocycles. The number of nitrogens with zero attached hydrogens (tertiary/aromatic N) is 2. The lowest BCUT2D eigenvalue weighted by atomic mass is 10.1. The van der Waals surface area contributed by atoms with Gasteiger partial charge in [-0.05, 0) is 35.7 Å². The normalized spacial score (nSPS) is 10.6. The predicted octanol–water partition coefficient (Wildman–Crippen LogP) is 2.54. The van der Waals surface area contributed by atoms with Crippen LogP contribution >= 0.6 is 0 Å². The maximum absolute atomic E-state index is 9.96. The molecule has 0 atom stereocenters. The van der Waals surface area contributed by atoms with Gasteiger partial charge in [0.25, 0.3) is 0 Å².